The van der Waals surface area contributed by atoms with E-state index in [1.165, 1.54) is 21.2 Å². The van der Waals surface area contributed by atoms with Crippen LogP contribution in [0.3, 0.4) is 0 Å². The Bertz CT molecular complexity index is 1160. The molecule has 0 saturated carbocycles. The van der Waals surface area contributed by atoms with Gasteiger partial charge in [-0.1, -0.05) is 95.6 Å². The Balaban J connectivity index is -0.00000155. The maximum atomic E-state index is 6.26. The van der Waals surface area contributed by atoms with Gasteiger partial charge >= 0.3 is 0 Å². The Kier molecular flexibility index (Phi) is 33.1. The summed E-state index contributed by atoms with van der Waals surface area (Å²) in [6, 6.07) is 0. The van der Waals surface area contributed by atoms with E-state index < -0.39 is 0 Å². The number of hydrogen-bond donors (Lipinski definition) is 2. The molecule has 0 atom stereocenters. The molecule has 0 aromatic rings. The highest BCUT2D eigenvalue weighted by Gasteiger charge is 2.21. The summed E-state index contributed by atoms with van der Waals surface area (Å²) in [6.45, 7) is 35.6. The van der Waals surface area contributed by atoms with E-state index in [0.29, 0.717) is 18.1 Å². The Morgan fingerprint density at radius 3 is 2.11 bits per heavy atom. The summed E-state index contributed by atoms with van der Waals surface area (Å²) in [6.07, 6.45) is 26.3. The normalized spacial score (nSPS) is 14.9. The van der Waals surface area contributed by atoms with Crippen LogP contribution in [0.4, 0.5) is 0 Å². The summed E-state index contributed by atoms with van der Waals surface area (Å²) in [7, 11) is 0. The molecule has 0 aromatic heterocycles. The van der Waals surface area contributed by atoms with Crippen molar-refractivity contribution in [1.82, 2.24) is 15.1 Å². The molecule has 5 nitrogen and oxygen atoms in total. The molecule has 3 N–H and O–H groups in total. The molecule has 0 radical (unpaired) electrons. The molecule has 1 fully saturated rings. The molecular weight excluding hydrogens is 597 g/mol. The lowest BCUT2D eigenvalue weighted by Gasteiger charge is -2.32. The lowest BCUT2D eigenvalue weighted by Crippen LogP contribution is -2.37. The van der Waals surface area contributed by atoms with E-state index in [-0.39, 0.29) is 6.10 Å². The number of nitrogens with zero attached hydrogens (tertiary/aromatic N) is 2. The predicted molar refractivity (Wildman–Crippen MR) is 214 cm³/mol. The highest BCUT2D eigenvalue weighted by molar-refractivity contribution is 8.06. The molecule has 0 unspecified atom stereocenters. The van der Waals surface area contributed by atoms with E-state index in [1.54, 1.807) is 13.0 Å². The van der Waals surface area contributed by atoms with Crippen molar-refractivity contribution in [2.24, 2.45) is 5.73 Å². The minimum Gasteiger partial charge on any atom is -0.483 e. The topological polar surface area (TPSA) is 53.8 Å². The predicted octanol–water partition coefficient (Wildman–Crippen LogP) is 10.9. The van der Waals surface area contributed by atoms with Gasteiger partial charge in [0.25, 0.3) is 0 Å². The maximum absolute atomic E-state index is 6.26. The summed E-state index contributed by atoms with van der Waals surface area (Å²) in [5, 5.41) is 3.00. The van der Waals surface area contributed by atoms with Crippen molar-refractivity contribution in [2.45, 2.75) is 108 Å². The highest BCUT2D eigenvalue weighted by Crippen LogP contribution is 2.40. The van der Waals surface area contributed by atoms with Gasteiger partial charge < -0.3 is 20.7 Å². The molecule has 0 amide bonds. The average molecular weight is 665 g/mol. The summed E-state index contributed by atoms with van der Waals surface area (Å²) < 4.78 is 6.26. The number of nitrogens with two attached hydrogens (primary N) is 1. The first-order valence-electron chi connectivity index (χ1n) is 17.1. The number of allylic oxidation sites excluding steroid dienone is 9. The van der Waals surface area contributed by atoms with E-state index >= 15 is 0 Å². The fourth-order valence-corrected chi connectivity index (χ4v) is 5.30. The molecule has 2 aliphatic heterocycles. The minimum absolute atomic E-state index is 0.188. The van der Waals surface area contributed by atoms with Crippen LogP contribution >= 0.6 is 11.8 Å². The Morgan fingerprint density at radius 1 is 1.06 bits per heavy atom. The quantitative estimate of drug-likeness (QED) is 0.0712. The fourth-order valence-electron chi connectivity index (χ4n) is 4.21. The van der Waals surface area contributed by atoms with Crippen LogP contribution in [0.5, 0.6) is 0 Å². The van der Waals surface area contributed by atoms with Gasteiger partial charge in [0.2, 0.25) is 0 Å². The Hall–Kier alpha value is -3.49. The second kappa shape index (κ2) is 32.5. The van der Waals surface area contributed by atoms with Gasteiger partial charge in [-0.15, -0.1) is 12.3 Å². The van der Waals surface area contributed by atoms with Gasteiger partial charge in [0.05, 0.1) is 11.5 Å². The second-order valence-corrected chi connectivity index (χ2v) is 11.3. The Labute approximate surface area is 295 Å². The number of likely N-dealkylation sites (tertiary alicyclic amines) is 1. The summed E-state index contributed by atoms with van der Waals surface area (Å²) in [5.41, 5.74) is 12.5. The standard InChI is InChI=1S/C30H44N4OS.C4H8.C3H4.2C2H6/c1-8-13-30-25(6)36-24(5)29(10-3)34(30)21-14-23(4)22-27(9-2)35-28-15-19-33(20-16-28)18-12-11-17-32-26(7)31;1-3-4-2;1-3-2;2*1-2/h8-9,11-14,21,28,32H,2,7,10,15-20,31H2,1,3-6H3;3-4H,1-2H3;1H,2H3;2*1-2H3/b12-11+,13-8-,21-14+;4-3-;;;. The third-order valence-corrected chi connectivity index (χ3v) is 7.46. The fraction of sp³-hybridized carbons (Fsp3) is 0.488. The summed E-state index contributed by atoms with van der Waals surface area (Å²) >= 11 is 1.86. The van der Waals surface area contributed by atoms with Crippen molar-refractivity contribution < 1.29 is 4.74 Å². The minimum atomic E-state index is 0.188. The maximum Gasteiger partial charge on any atom is 0.162 e. The highest BCUT2D eigenvalue weighted by atomic mass is 32.2. The van der Waals surface area contributed by atoms with Gasteiger partial charge in [0.1, 0.15) is 6.10 Å². The van der Waals surface area contributed by atoms with Gasteiger partial charge in [0, 0.05) is 47.9 Å². The number of nitrogens with one attached hydrogen (secondary N) is 1. The molecule has 6 heteroatoms. The van der Waals surface area contributed by atoms with Crippen LogP contribution < -0.4 is 11.1 Å². The third kappa shape index (κ3) is 22.6. The van der Waals surface area contributed by atoms with Crippen LogP contribution in [0.2, 0.25) is 0 Å². The van der Waals surface area contributed by atoms with Crippen molar-refractivity contribution in [3.8, 4) is 12.3 Å². The zero-order chi connectivity index (χ0) is 36.6. The number of terminal acetylenes is 1. The second-order valence-electron chi connectivity index (χ2n) is 9.91. The van der Waals surface area contributed by atoms with Crippen molar-refractivity contribution in [1.29, 1.82) is 0 Å². The van der Waals surface area contributed by atoms with Gasteiger partial charge in [-0.2, -0.15) is 0 Å². The molecule has 1 saturated heterocycles. The van der Waals surface area contributed by atoms with Crippen LogP contribution in [0, 0.1) is 12.3 Å². The zero-order valence-corrected chi connectivity index (χ0v) is 32.8. The van der Waals surface area contributed by atoms with Crippen LogP contribution in [-0.2, 0) is 4.74 Å². The average Bonchev–Trinajstić information content (AvgIpc) is 3.07. The first-order chi connectivity index (χ1) is 22.6. The van der Waals surface area contributed by atoms with Gasteiger partial charge in [-0.25, -0.2) is 0 Å². The molecule has 0 aromatic carbocycles. The van der Waals surface area contributed by atoms with Crippen molar-refractivity contribution >= 4 is 11.8 Å². The smallest absolute Gasteiger partial charge is 0.162 e. The first-order valence-corrected chi connectivity index (χ1v) is 17.9. The van der Waals surface area contributed by atoms with E-state index in [9.17, 15) is 0 Å². The lowest BCUT2D eigenvalue weighted by atomic mass is 10.1. The van der Waals surface area contributed by atoms with Crippen molar-refractivity contribution in [2.75, 3.05) is 26.2 Å². The van der Waals surface area contributed by atoms with Crippen molar-refractivity contribution in [3.05, 3.63) is 112 Å². The van der Waals surface area contributed by atoms with Crippen LogP contribution in [0.25, 0.3) is 0 Å². The number of thioether (sulfide) groups is 1. The third-order valence-electron chi connectivity index (χ3n) is 6.40. The monoisotopic (exact) mass is 665 g/mol. The SMILES string of the molecule is C#CC.C/C=C\C.C=CC(=C=C(C)/C=C/N1C(/C=C\C)=C(C)SC(C)=C1CC)OC1CCN(C/C=C/CNC(=C)N)CC1.CC.CC. The lowest BCUT2D eigenvalue weighted by molar-refractivity contribution is 0.0600. The van der Waals surface area contributed by atoms with E-state index in [1.807, 2.05) is 65.5 Å². The molecular formula is C41H68N4OS. The molecule has 2 rings (SSSR count). The van der Waals surface area contributed by atoms with Crippen LogP contribution in [0.1, 0.15) is 102 Å². The largest absolute Gasteiger partial charge is 0.483 e. The number of rotatable bonds is 12. The van der Waals surface area contributed by atoms with E-state index in [4.69, 9.17) is 10.5 Å². The Morgan fingerprint density at radius 2 is 1.64 bits per heavy atom. The molecule has 47 heavy (non-hydrogen) atoms. The van der Waals surface area contributed by atoms with Crippen LogP contribution in [0.15, 0.2) is 112 Å². The van der Waals surface area contributed by atoms with Gasteiger partial charge in [0.15, 0.2) is 5.76 Å². The number of piperidine rings is 1. The molecule has 2 heterocycles. The molecule has 0 bridgehead atoms. The zero-order valence-electron chi connectivity index (χ0n) is 32.0. The molecule has 264 valence electrons. The number of ether oxygens (including phenoxy) is 1. The van der Waals surface area contributed by atoms with Gasteiger partial charge in [-0.05, 0) is 91.5 Å². The van der Waals surface area contributed by atoms with E-state index in [2.05, 4.69) is 118 Å². The molecule has 2 aliphatic rings. The summed E-state index contributed by atoms with van der Waals surface area (Å²) in [5.74, 6) is 3.46. The van der Waals surface area contributed by atoms with Crippen LogP contribution in [-0.4, -0.2) is 42.1 Å². The van der Waals surface area contributed by atoms with Crippen molar-refractivity contribution in [3.63, 3.8) is 0 Å². The molecule has 0 spiro atoms. The first kappa shape index (κ1) is 47.9. The number of hydrogen-bond acceptors (Lipinski definition) is 6. The molecule has 0 aliphatic carbocycles. The summed E-state index contributed by atoms with van der Waals surface area (Å²) in [4.78, 5) is 7.39. The van der Waals surface area contributed by atoms with E-state index in [0.717, 1.165) is 44.5 Å². The van der Waals surface area contributed by atoms with Gasteiger partial charge in [-0.3, -0.25) is 4.90 Å².